The second-order valence-electron chi connectivity index (χ2n) is 4.68. The molecule has 0 spiro atoms. The largest absolute Gasteiger partial charge is 0.417 e. The van der Waals surface area contributed by atoms with Gasteiger partial charge in [-0.15, -0.1) is 0 Å². The molecule has 0 amide bonds. The molecule has 7 heteroatoms. The first-order chi connectivity index (χ1) is 10.6. The second kappa shape index (κ2) is 4.96. The zero-order chi connectivity index (χ0) is 15.3. The van der Waals surface area contributed by atoms with Crippen LogP contribution in [0.2, 0.25) is 0 Å². The van der Waals surface area contributed by atoms with Crippen molar-refractivity contribution in [3.05, 3.63) is 61.5 Å². The summed E-state index contributed by atoms with van der Waals surface area (Å²) in [5.74, 6) is -0.551. The smallest absolute Gasteiger partial charge is 0.408 e. The Labute approximate surface area is 136 Å². The number of aromatic amines is 1. The van der Waals surface area contributed by atoms with Gasteiger partial charge in [0.1, 0.15) is 5.03 Å². The Morgan fingerprint density at radius 1 is 1.32 bits per heavy atom. The fourth-order valence-corrected chi connectivity index (χ4v) is 3.70. The fraction of sp³-hybridized carbons (Fsp3) is 0. The van der Waals surface area contributed by atoms with Crippen molar-refractivity contribution in [2.75, 3.05) is 0 Å². The third kappa shape index (κ3) is 2.13. The number of hydrogen-bond donors (Lipinski definition) is 1. The highest BCUT2D eigenvalue weighted by molar-refractivity contribution is 9.10. The van der Waals surface area contributed by atoms with Crippen LogP contribution in [0.1, 0.15) is 15.9 Å². The van der Waals surface area contributed by atoms with Crippen LogP contribution in [0.15, 0.2) is 54.1 Å². The van der Waals surface area contributed by atoms with Crippen LogP contribution in [0.25, 0.3) is 17.2 Å². The minimum absolute atomic E-state index is 0.0457. The Balaban J connectivity index is 1.82. The van der Waals surface area contributed by atoms with Crippen LogP contribution < -0.4 is 5.76 Å². The van der Waals surface area contributed by atoms with Gasteiger partial charge in [0.25, 0.3) is 0 Å². The number of pyridine rings is 1. The number of nitrogens with one attached hydrogen (secondary N) is 1. The highest BCUT2D eigenvalue weighted by atomic mass is 79.9. The van der Waals surface area contributed by atoms with Gasteiger partial charge in [0.15, 0.2) is 5.58 Å². The zero-order valence-corrected chi connectivity index (χ0v) is 13.3. The topological polar surface area (TPSA) is 76.0 Å². The monoisotopic (exact) mass is 374 g/mol. The SMILES string of the molecule is O=C1/C(=C/c2cc3oc(=O)[nH]c3cc2Br)Sc2ncccc21. The maximum atomic E-state index is 12.4. The summed E-state index contributed by atoms with van der Waals surface area (Å²) in [7, 11) is 0. The predicted molar refractivity (Wildman–Crippen MR) is 86.9 cm³/mol. The molecule has 0 atom stereocenters. The average molecular weight is 375 g/mol. The van der Waals surface area contributed by atoms with Crippen LogP contribution >= 0.6 is 27.7 Å². The lowest BCUT2D eigenvalue weighted by atomic mass is 10.1. The van der Waals surface area contributed by atoms with Crippen molar-refractivity contribution in [3.8, 4) is 0 Å². The van der Waals surface area contributed by atoms with Crippen molar-refractivity contribution >= 4 is 50.7 Å². The van der Waals surface area contributed by atoms with Crippen LogP contribution in [-0.2, 0) is 0 Å². The molecule has 0 aliphatic carbocycles. The molecule has 1 aromatic carbocycles. The summed E-state index contributed by atoms with van der Waals surface area (Å²) in [6.07, 6.45) is 3.43. The first kappa shape index (κ1) is 13.5. The molecule has 1 aliphatic rings. The maximum Gasteiger partial charge on any atom is 0.417 e. The third-order valence-corrected chi connectivity index (χ3v) is 5.00. The Morgan fingerprint density at radius 3 is 3.00 bits per heavy atom. The van der Waals surface area contributed by atoms with E-state index in [1.807, 2.05) is 0 Å². The molecule has 3 heterocycles. The Bertz CT molecular complexity index is 1020. The van der Waals surface area contributed by atoms with Gasteiger partial charge >= 0.3 is 5.76 Å². The van der Waals surface area contributed by atoms with Crippen molar-refractivity contribution in [2.24, 2.45) is 0 Å². The molecule has 108 valence electrons. The number of aromatic nitrogens is 2. The number of fused-ring (bicyclic) bond motifs is 2. The van der Waals surface area contributed by atoms with Gasteiger partial charge in [0, 0.05) is 10.7 Å². The summed E-state index contributed by atoms with van der Waals surface area (Å²) in [4.78, 5) is 31.0. The molecule has 22 heavy (non-hydrogen) atoms. The number of H-pyrrole nitrogens is 1. The normalized spacial score (nSPS) is 15.7. The minimum atomic E-state index is -0.505. The molecule has 4 rings (SSSR count). The molecule has 0 saturated heterocycles. The van der Waals surface area contributed by atoms with Crippen molar-refractivity contribution in [3.63, 3.8) is 0 Å². The molecule has 1 aliphatic heterocycles. The van der Waals surface area contributed by atoms with Crippen LogP contribution in [-0.4, -0.2) is 15.8 Å². The number of oxazole rings is 1. The van der Waals surface area contributed by atoms with Gasteiger partial charge in [-0.05, 0) is 35.9 Å². The molecule has 0 fully saturated rings. The number of ketones is 1. The van der Waals surface area contributed by atoms with Crippen molar-refractivity contribution in [1.82, 2.24) is 9.97 Å². The number of hydrogen-bond acceptors (Lipinski definition) is 5. The number of allylic oxidation sites excluding steroid dienone is 1. The van der Waals surface area contributed by atoms with E-state index < -0.39 is 5.76 Å². The Kier molecular flexibility index (Phi) is 3.05. The van der Waals surface area contributed by atoms with E-state index in [4.69, 9.17) is 4.42 Å². The number of Topliss-reactive ketones (excluding diaryl/α,β-unsaturated/α-hetero) is 1. The van der Waals surface area contributed by atoms with E-state index in [1.165, 1.54) is 11.8 Å². The molecule has 2 aromatic heterocycles. The van der Waals surface area contributed by atoms with Crippen LogP contribution in [0, 0.1) is 0 Å². The lowest BCUT2D eigenvalue weighted by Gasteiger charge is -2.00. The van der Waals surface area contributed by atoms with Gasteiger partial charge in [-0.25, -0.2) is 9.78 Å². The van der Waals surface area contributed by atoms with Crippen molar-refractivity contribution in [1.29, 1.82) is 0 Å². The summed E-state index contributed by atoms with van der Waals surface area (Å²) in [5.41, 5.74) is 2.43. The number of halogens is 1. The first-order valence-corrected chi connectivity index (χ1v) is 7.94. The summed E-state index contributed by atoms with van der Waals surface area (Å²) in [5, 5.41) is 0.712. The molecule has 5 nitrogen and oxygen atoms in total. The van der Waals surface area contributed by atoms with Gasteiger partial charge in [-0.3, -0.25) is 9.78 Å². The fourth-order valence-electron chi connectivity index (χ4n) is 2.26. The van der Waals surface area contributed by atoms with Crippen molar-refractivity contribution in [2.45, 2.75) is 5.03 Å². The predicted octanol–water partition coefficient (Wildman–Crippen LogP) is 3.61. The van der Waals surface area contributed by atoms with Gasteiger partial charge in [0.2, 0.25) is 5.78 Å². The van der Waals surface area contributed by atoms with E-state index in [9.17, 15) is 9.59 Å². The van der Waals surface area contributed by atoms with Crippen molar-refractivity contribution < 1.29 is 9.21 Å². The molecule has 0 saturated carbocycles. The molecule has 0 bridgehead atoms. The lowest BCUT2D eigenvalue weighted by Crippen LogP contribution is -1.94. The van der Waals surface area contributed by atoms with Crippen LogP contribution in [0.5, 0.6) is 0 Å². The van der Waals surface area contributed by atoms with Crippen LogP contribution in [0.4, 0.5) is 0 Å². The minimum Gasteiger partial charge on any atom is -0.408 e. The van der Waals surface area contributed by atoms with Gasteiger partial charge in [-0.1, -0.05) is 27.7 Å². The number of carbonyl (C=O) groups excluding carboxylic acids is 1. The summed E-state index contributed by atoms with van der Waals surface area (Å²) in [6, 6.07) is 6.98. The molecular formula is C15H7BrN2O3S. The number of carbonyl (C=O) groups is 1. The van der Waals surface area contributed by atoms with E-state index in [1.54, 1.807) is 36.5 Å². The number of thioether (sulfide) groups is 1. The summed E-state index contributed by atoms with van der Waals surface area (Å²) in [6.45, 7) is 0. The zero-order valence-electron chi connectivity index (χ0n) is 10.9. The molecule has 3 aromatic rings. The highest BCUT2D eigenvalue weighted by Gasteiger charge is 2.26. The number of rotatable bonds is 1. The van der Waals surface area contributed by atoms with E-state index in [0.29, 0.717) is 26.6 Å². The number of nitrogens with zero attached hydrogens (tertiary/aromatic N) is 1. The van der Waals surface area contributed by atoms with Crippen LogP contribution in [0.3, 0.4) is 0 Å². The molecular weight excluding hydrogens is 368 g/mol. The Morgan fingerprint density at radius 2 is 2.18 bits per heavy atom. The third-order valence-electron chi connectivity index (χ3n) is 3.27. The summed E-state index contributed by atoms with van der Waals surface area (Å²) >= 11 is 4.78. The summed E-state index contributed by atoms with van der Waals surface area (Å²) < 4.78 is 5.82. The first-order valence-electron chi connectivity index (χ1n) is 6.33. The van der Waals surface area contributed by atoms with Gasteiger partial charge in [0.05, 0.1) is 16.0 Å². The standard InChI is InChI=1S/C15H7BrN2O3S/c16-9-6-10-11(21-15(20)18-10)4-7(9)5-12-13(19)8-2-1-3-17-14(8)22-12/h1-6H,(H,18,20)/b12-5-. The molecule has 1 N–H and O–H groups in total. The van der Waals surface area contributed by atoms with E-state index in [-0.39, 0.29) is 5.78 Å². The Hall–Kier alpha value is -2.12. The van der Waals surface area contributed by atoms with E-state index >= 15 is 0 Å². The highest BCUT2D eigenvalue weighted by Crippen LogP contribution is 2.40. The van der Waals surface area contributed by atoms with E-state index in [0.717, 1.165) is 10.0 Å². The number of benzene rings is 1. The van der Waals surface area contributed by atoms with Gasteiger partial charge in [-0.2, -0.15) is 0 Å². The lowest BCUT2D eigenvalue weighted by molar-refractivity contribution is 0.104. The molecule has 0 radical (unpaired) electrons. The second-order valence-corrected chi connectivity index (χ2v) is 6.57. The molecule has 0 unspecified atom stereocenters. The quantitative estimate of drug-likeness (QED) is 0.658. The van der Waals surface area contributed by atoms with E-state index in [2.05, 4.69) is 25.9 Å². The average Bonchev–Trinajstić information content (AvgIpc) is 3.00. The maximum absolute atomic E-state index is 12.4. The van der Waals surface area contributed by atoms with Gasteiger partial charge < -0.3 is 4.42 Å².